The van der Waals surface area contributed by atoms with Gasteiger partial charge in [0.1, 0.15) is 9.84 Å². The number of ketones is 1. The monoisotopic (exact) mass is 354 g/mol. The highest BCUT2D eigenvalue weighted by Gasteiger charge is 2.12. The van der Waals surface area contributed by atoms with Gasteiger partial charge in [0.05, 0.1) is 12.2 Å². The molecule has 1 rings (SSSR count). The number of carbonyl (C=O) groups excluding carboxylic acids is 2. The first-order chi connectivity index (χ1) is 11.2. The Labute approximate surface area is 143 Å². The minimum atomic E-state index is -3.10. The summed E-state index contributed by atoms with van der Waals surface area (Å²) in [7, 11) is -3.10. The first-order valence-electron chi connectivity index (χ1n) is 8.09. The molecule has 0 unspecified atom stereocenters. The fourth-order valence-corrected chi connectivity index (χ4v) is 2.72. The lowest BCUT2D eigenvalue weighted by Crippen LogP contribution is -2.30. The standard InChI is InChI=1S/C17H26N2O4S/c1-3-4-5-6-16(20)14-11-13(7-8-15(14)18)12-17(21)19-9-10-24(2,22)23/h7-8,11H,3-6,9-10,12,18H2,1-2H3,(H,19,21). The molecule has 0 fully saturated rings. The molecular formula is C17H26N2O4S. The largest absolute Gasteiger partial charge is 0.398 e. The van der Waals surface area contributed by atoms with Crippen molar-refractivity contribution in [3.63, 3.8) is 0 Å². The van der Waals surface area contributed by atoms with Gasteiger partial charge in [-0.3, -0.25) is 9.59 Å². The highest BCUT2D eigenvalue weighted by molar-refractivity contribution is 7.90. The number of hydrogen-bond acceptors (Lipinski definition) is 5. The van der Waals surface area contributed by atoms with E-state index in [0.29, 0.717) is 23.2 Å². The van der Waals surface area contributed by atoms with Gasteiger partial charge in [-0.1, -0.05) is 25.8 Å². The average Bonchev–Trinajstić information content (AvgIpc) is 2.48. The van der Waals surface area contributed by atoms with E-state index in [0.717, 1.165) is 25.5 Å². The molecule has 0 aromatic heterocycles. The normalized spacial score (nSPS) is 11.2. The van der Waals surface area contributed by atoms with Crippen molar-refractivity contribution in [2.75, 3.05) is 24.3 Å². The van der Waals surface area contributed by atoms with Crippen molar-refractivity contribution >= 4 is 27.2 Å². The summed E-state index contributed by atoms with van der Waals surface area (Å²) in [6.07, 6.45) is 4.51. The average molecular weight is 354 g/mol. The fourth-order valence-electron chi connectivity index (χ4n) is 2.25. The third-order valence-corrected chi connectivity index (χ3v) is 4.53. The number of benzene rings is 1. The molecule has 7 heteroatoms. The van der Waals surface area contributed by atoms with Crippen molar-refractivity contribution < 1.29 is 18.0 Å². The highest BCUT2D eigenvalue weighted by Crippen LogP contribution is 2.18. The molecule has 0 saturated carbocycles. The van der Waals surface area contributed by atoms with Gasteiger partial charge in [-0.15, -0.1) is 0 Å². The molecule has 0 atom stereocenters. The zero-order valence-electron chi connectivity index (χ0n) is 14.3. The maximum atomic E-state index is 12.2. The zero-order valence-corrected chi connectivity index (χ0v) is 15.1. The van der Waals surface area contributed by atoms with Gasteiger partial charge in [0.15, 0.2) is 5.78 Å². The Morgan fingerprint density at radius 2 is 1.92 bits per heavy atom. The maximum absolute atomic E-state index is 12.2. The van der Waals surface area contributed by atoms with E-state index in [1.165, 1.54) is 0 Å². The summed E-state index contributed by atoms with van der Waals surface area (Å²) in [6, 6.07) is 4.99. The van der Waals surface area contributed by atoms with Crippen molar-refractivity contribution in [2.24, 2.45) is 0 Å². The number of nitrogen functional groups attached to an aromatic ring is 1. The van der Waals surface area contributed by atoms with Crippen LogP contribution >= 0.6 is 0 Å². The number of amides is 1. The first kappa shape index (κ1) is 20.2. The molecule has 134 valence electrons. The molecule has 3 N–H and O–H groups in total. The number of rotatable bonds is 10. The maximum Gasteiger partial charge on any atom is 0.224 e. The minimum absolute atomic E-state index is 0.0136. The topological polar surface area (TPSA) is 106 Å². The summed E-state index contributed by atoms with van der Waals surface area (Å²) < 4.78 is 22.1. The number of sulfone groups is 1. The summed E-state index contributed by atoms with van der Waals surface area (Å²) in [6.45, 7) is 2.15. The van der Waals surface area contributed by atoms with E-state index in [4.69, 9.17) is 5.73 Å². The Morgan fingerprint density at radius 1 is 1.21 bits per heavy atom. The van der Waals surface area contributed by atoms with Crippen LogP contribution in [0.25, 0.3) is 0 Å². The van der Waals surface area contributed by atoms with Crippen LogP contribution in [0.15, 0.2) is 18.2 Å². The summed E-state index contributed by atoms with van der Waals surface area (Å²) >= 11 is 0. The number of unbranched alkanes of at least 4 members (excludes halogenated alkanes) is 2. The predicted molar refractivity (Wildman–Crippen MR) is 95.8 cm³/mol. The molecule has 1 aromatic rings. The lowest BCUT2D eigenvalue weighted by molar-refractivity contribution is -0.120. The molecule has 1 amide bonds. The van der Waals surface area contributed by atoms with Gasteiger partial charge in [0, 0.05) is 30.5 Å². The Hall–Kier alpha value is -1.89. The molecular weight excluding hydrogens is 328 g/mol. The molecule has 0 aliphatic heterocycles. The second-order valence-electron chi connectivity index (χ2n) is 5.96. The molecule has 1 aromatic carbocycles. The van der Waals surface area contributed by atoms with Crippen LogP contribution in [-0.2, 0) is 21.1 Å². The van der Waals surface area contributed by atoms with Crippen molar-refractivity contribution in [2.45, 2.75) is 39.0 Å². The number of nitrogens with two attached hydrogens (primary N) is 1. The number of hydrogen-bond donors (Lipinski definition) is 2. The number of nitrogens with one attached hydrogen (secondary N) is 1. The van der Waals surface area contributed by atoms with Gasteiger partial charge >= 0.3 is 0 Å². The molecule has 24 heavy (non-hydrogen) atoms. The molecule has 0 heterocycles. The number of carbonyl (C=O) groups is 2. The van der Waals surface area contributed by atoms with E-state index < -0.39 is 9.84 Å². The number of Topliss-reactive ketones (excluding diaryl/α,β-unsaturated/α-hetero) is 1. The Bertz CT molecular complexity index is 684. The molecule has 0 spiro atoms. The van der Waals surface area contributed by atoms with Crippen molar-refractivity contribution in [1.29, 1.82) is 0 Å². The SMILES string of the molecule is CCCCCC(=O)c1cc(CC(=O)NCCS(C)(=O)=O)ccc1N. The van der Waals surface area contributed by atoms with Gasteiger partial charge < -0.3 is 11.1 Å². The van der Waals surface area contributed by atoms with Crippen molar-refractivity contribution in [3.8, 4) is 0 Å². The van der Waals surface area contributed by atoms with Crippen LogP contribution in [0.5, 0.6) is 0 Å². The van der Waals surface area contributed by atoms with Crippen LogP contribution in [0.4, 0.5) is 5.69 Å². The number of anilines is 1. The first-order valence-corrected chi connectivity index (χ1v) is 10.1. The van der Waals surface area contributed by atoms with Crippen LogP contribution in [0.1, 0.15) is 48.5 Å². The van der Waals surface area contributed by atoms with E-state index in [1.807, 2.05) is 0 Å². The summed E-state index contributed by atoms with van der Waals surface area (Å²) in [5.41, 5.74) is 7.41. The van der Waals surface area contributed by atoms with Gasteiger partial charge in [-0.05, 0) is 24.1 Å². The van der Waals surface area contributed by atoms with Crippen LogP contribution in [0, 0.1) is 0 Å². The summed E-state index contributed by atoms with van der Waals surface area (Å²) in [4.78, 5) is 24.1. The Morgan fingerprint density at radius 3 is 2.54 bits per heavy atom. The quantitative estimate of drug-likeness (QED) is 0.378. The van der Waals surface area contributed by atoms with Crippen LogP contribution < -0.4 is 11.1 Å². The van der Waals surface area contributed by atoms with Crippen molar-refractivity contribution in [1.82, 2.24) is 5.32 Å². The molecule has 0 radical (unpaired) electrons. The Balaban J connectivity index is 2.64. The Kier molecular flexibility index (Phi) is 7.91. The fraction of sp³-hybridized carbons (Fsp3) is 0.529. The lowest BCUT2D eigenvalue weighted by atomic mass is 9.99. The van der Waals surface area contributed by atoms with E-state index in [-0.39, 0.29) is 30.4 Å². The molecule has 6 nitrogen and oxygen atoms in total. The third kappa shape index (κ3) is 7.59. The van der Waals surface area contributed by atoms with Gasteiger partial charge in [0.25, 0.3) is 0 Å². The van der Waals surface area contributed by atoms with Gasteiger partial charge in [-0.25, -0.2) is 8.42 Å². The molecule has 0 bridgehead atoms. The van der Waals surface area contributed by atoms with E-state index in [1.54, 1.807) is 18.2 Å². The smallest absolute Gasteiger partial charge is 0.224 e. The van der Waals surface area contributed by atoms with E-state index >= 15 is 0 Å². The zero-order chi connectivity index (χ0) is 18.2. The van der Waals surface area contributed by atoms with Gasteiger partial charge in [-0.2, -0.15) is 0 Å². The van der Waals surface area contributed by atoms with Crippen LogP contribution in [-0.4, -0.2) is 38.7 Å². The van der Waals surface area contributed by atoms with Crippen LogP contribution in [0.2, 0.25) is 0 Å². The van der Waals surface area contributed by atoms with E-state index in [9.17, 15) is 18.0 Å². The molecule has 0 aliphatic carbocycles. The summed E-state index contributed by atoms with van der Waals surface area (Å²) in [5, 5.41) is 2.56. The third-order valence-electron chi connectivity index (χ3n) is 3.59. The van der Waals surface area contributed by atoms with Gasteiger partial charge in [0.2, 0.25) is 5.91 Å². The highest BCUT2D eigenvalue weighted by atomic mass is 32.2. The minimum Gasteiger partial charge on any atom is -0.398 e. The second kappa shape index (κ2) is 9.42. The van der Waals surface area contributed by atoms with E-state index in [2.05, 4.69) is 12.2 Å². The molecule has 0 saturated heterocycles. The lowest BCUT2D eigenvalue weighted by Gasteiger charge is -2.09. The molecule has 0 aliphatic rings. The summed E-state index contributed by atoms with van der Waals surface area (Å²) in [5.74, 6) is -0.394. The van der Waals surface area contributed by atoms with Crippen LogP contribution in [0.3, 0.4) is 0 Å². The van der Waals surface area contributed by atoms with Crippen molar-refractivity contribution in [3.05, 3.63) is 29.3 Å². The second-order valence-corrected chi connectivity index (χ2v) is 8.22. The predicted octanol–water partition coefficient (Wildman–Crippen LogP) is 1.74.